The second-order valence-electron chi connectivity index (χ2n) is 3.96. The molecule has 1 aromatic rings. The van der Waals surface area contributed by atoms with Crippen LogP contribution in [0.5, 0.6) is 0 Å². The molecule has 0 aromatic heterocycles. The van der Waals surface area contributed by atoms with Crippen LogP contribution in [0.25, 0.3) is 6.08 Å². The van der Waals surface area contributed by atoms with Crippen molar-refractivity contribution in [2.45, 2.75) is 19.9 Å². The van der Waals surface area contributed by atoms with Crippen LogP contribution in [0.1, 0.15) is 19.4 Å². The van der Waals surface area contributed by atoms with Crippen LogP contribution in [0, 0.1) is 0 Å². The van der Waals surface area contributed by atoms with Crippen LogP contribution in [0.4, 0.5) is 0 Å². The van der Waals surface area contributed by atoms with Gasteiger partial charge in [0, 0.05) is 6.08 Å². The van der Waals surface area contributed by atoms with Crippen LogP contribution in [-0.2, 0) is 14.3 Å². The Labute approximate surface area is 127 Å². The number of halogens is 2. The number of amides is 1. The third-order valence-corrected chi connectivity index (χ3v) is 3.23. The van der Waals surface area contributed by atoms with Crippen molar-refractivity contribution in [2.75, 3.05) is 6.61 Å². The molecule has 1 unspecified atom stereocenters. The Kier molecular flexibility index (Phi) is 6.55. The monoisotopic (exact) mass is 315 g/mol. The normalized spacial score (nSPS) is 12.2. The van der Waals surface area contributed by atoms with Gasteiger partial charge in [-0.2, -0.15) is 0 Å². The van der Waals surface area contributed by atoms with E-state index in [0.29, 0.717) is 15.6 Å². The van der Waals surface area contributed by atoms with Crippen molar-refractivity contribution in [3.05, 3.63) is 39.9 Å². The molecule has 0 bridgehead atoms. The Bertz CT molecular complexity index is 529. The van der Waals surface area contributed by atoms with Crippen molar-refractivity contribution in [3.8, 4) is 0 Å². The predicted molar refractivity (Wildman–Crippen MR) is 79.7 cm³/mol. The first kappa shape index (κ1) is 16.5. The molecule has 0 aliphatic heterocycles. The molecule has 1 amide bonds. The van der Waals surface area contributed by atoms with Crippen molar-refractivity contribution in [2.24, 2.45) is 0 Å². The standard InChI is InChI=1S/C14H15Cl2NO3/c1-3-20-14(19)9(2)17-12(18)8-7-10-5-4-6-11(15)13(10)16/h4-9H,3H2,1-2H3,(H,17,18). The van der Waals surface area contributed by atoms with Crippen molar-refractivity contribution < 1.29 is 14.3 Å². The van der Waals surface area contributed by atoms with Gasteiger partial charge in [0.05, 0.1) is 16.7 Å². The lowest BCUT2D eigenvalue weighted by molar-refractivity contribution is -0.146. The zero-order valence-corrected chi connectivity index (χ0v) is 12.7. The van der Waals surface area contributed by atoms with E-state index in [-0.39, 0.29) is 6.61 Å². The van der Waals surface area contributed by atoms with Gasteiger partial charge in [-0.15, -0.1) is 0 Å². The molecule has 0 heterocycles. The van der Waals surface area contributed by atoms with Gasteiger partial charge in [-0.25, -0.2) is 4.79 Å². The molecule has 20 heavy (non-hydrogen) atoms. The summed E-state index contributed by atoms with van der Waals surface area (Å²) in [5.41, 5.74) is 0.623. The van der Waals surface area contributed by atoms with Gasteiger partial charge in [-0.05, 0) is 31.6 Å². The van der Waals surface area contributed by atoms with Crippen LogP contribution < -0.4 is 5.32 Å². The van der Waals surface area contributed by atoms with Crippen molar-refractivity contribution >= 4 is 41.2 Å². The number of hydrogen-bond donors (Lipinski definition) is 1. The minimum absolute atomic E-state index is 0.271. The van der Waals surface area contributed by atoms with E-state index in [2.05, 4.69) is 5.32 Å². The molecule has 0 saturated carbocycles. The van der Waals surface area contributed by atoms with E-state index in [0.717, 1.165) is 0 Å². The summed E-state index contributed by atoms with van der Waals surface area (Å²) in [6.07, 6.45) is 2.81. The van der Waals surface area contributed by atoms with Crippen LogP contribution in [0.2, 0.25) is 10.0 Å². The topological polar surface area (TPSA) is 55.4 Å². The van der Waals surface area contributed by atoms with Crippen LogP contribution in [0.3, 0.4) is 0 Å². The summed E-state index contributed by atoms with van der Waals surface area (Å²) in [5, 5.41) is 3.28. The van der Waals surface area contributed by atoms with Gasteiger partial charge in [-0.3, -0.25) is 4.79 Å². The Hall–Kier alpha value is -1.52. The number of ether oxygens (including phenoxy) is 1. The van der Waals surface area contributed by atoms with E-state index in [1.165, 1.54) is 12.2 Å². The second kappa shape index (κ2) is 7.92. The molecule has 0 spiro atoms. The molecular formula is C14H15Cl2NO3. The zero-order valence-electron chi connectivity index (χ0n) is 11.2. The first-order valence-corrected chi connectivity index (χ1v) is 6.80. The van der Waals surface area contributed by atoms with Crippen molar-refractivity contribution in [1.82, 2.24) is 5.32 Å². The second-order valence-corrected chi connectivity index (χ2v) is 4.74. The molecule has 0 aliphatic rings. The first-order chi connectivity index (χ1) is 9.45. The summed E-state index contributed by atoms with van der Waals surface area (Å²) >= 11 is 11.8. The summed E-state index contributed by atoms with van der Waals surface area (Å²) in [5.74, 6) is -0.892. The maximum atomic E-state index is 11.6. The van der Waals surface area contributed by atoms with Gasteiger partial charge >= 0.3 is 5.97 Å². The van der Waals surface area contributed by atoms with Crippen LogP contribution >= 0.6 is 23.2 Å². The van der Waals surface area contributed by atoms with E-state index in [1.54, 1.807) is 32.0 Å². The third kappa shape index (κ3) is 4.87. The molecule has 1 rings (SSSR count). The van der Waals surface area contributed by atoms with Gasteiger partial charge in [0.15, 0.2) is 0 Å². The summed E-state index contributed by atoms with van der Waals surface area (Å²) in [6.45, 7) is 3.52. The Balaban J connectivity index is 2.64. The number of hydrogen-bond acceptors (Lipinski definition) is 3. The minimum Gasteiger partial charge on any atom is -0.464 e. The smallest absolute Gasteiger partial charge is 0.328 e. The van der Waals surface area contributed by atoms with Gasteiger partial charge < -0.3 is 10.1 Å². The molecule has 0 aliphatic carbocycles. The summed E-state index contributed by atoms with van der Waals surface area (Å²) < 4.78 is 4.79. The molecule has 1 N–H and O–H groups in total. The number of benzene rings is 1. The van der Waals surface area contributed by atoms with Gasteiger partial charge in [0.1, 0.15) is 6.04 Å². The molecule has 1 atom stereocenters. The predicted octanol–water partition coefficient (Wildman–Crippen LogP) is 3.07. The fraction of sp³-hybridized carbons (Fsp3) is 0.286. The van der Waals surface area contributed by atoms with Gasteiger partial charge in [-0.1, -0.05) is 35.3 Å². The molecule has 1 aromatic carbocycles. The summed E-state index contributed by atoms with van der Waals surface area (Å²) in [6, 6.07) is 4.41. The van der Waals surface area contributed by atoms with E-state index in [4.69, 9.17) is 27.9 Å². The number of nitrogens with one attached hydrogen (secondary N) is 1. The lowest BCUT2D eigenvalue weighted by Gasteiger charge is -2.10. The molecule has 0 fully saturated rings. The number of esters is 1. The lowest BCUT2D eigenvalue weighted by Crippen LogP contribution is -2.38. The fourth-order valence-electron chi connectivity index (χ4n) is 1.40. The highest BCUT2D eigenvalue weighted by Gasteiger charge is 2.14. The Morgan fingerprint density at radius 1 is 1.40 bits per heavy atom. The number of carbonyl (C=O) groups is 2. The molecule has 6 heteroatoms. The first-order valence-electron chi connectivity index (χ1n) is 6.05. The Morgan fingerprint density at radius 2 is 2.10 bits per heavy atom. The third-order valence-electron chi connectivity index (χ3n) is 2.39. The molecule has 0 radical (unpaired) electrons. The Morgan fingerprint density at radius 3 is 2.75 bits per heavy atom. The average Bonchev–Trinajstić information content (AvgIpc) is 2.40. The number of carbonyl (C=O) groups excluding carboxylic acids is 2. The van der Waals surface area contributed by atoms with Crippen molar-refractivity contribution in [1.29, 1.82) is 0 Å². The highest BCUT2D eigenvalue weighted by atomic mass is 35.5. The van der Waals surface area contributed by atoms with E-state index < -0.39 is 17.9 Å². The van der Waals surface area contributed by atoms with Gasteiger partial charge in [0.2, 0.25) is 5.91 Å². The summed E-state index contributed by atoms with van der Waals surface area (Å²) in [4.78, 5) is 23.0. The van der Waals surface area contributed by atoms with Gasteiger partial charge in [0.25, 0.3) is 0 Å². The van der Waals surface area contributed by atoms with E-state index in [1.807, 2.05) is 0 Å². The molecule has 108 valence electrons. The highest BCUT2D eigenvalue weighted by molar-refractivity contribution is 6.42. The molecule has 4 nitrogen and oxygen atoms in total. The van der Waals surface area contributed by atoms with Crippen LogP contribution in [0.15, 0.2) is 24.3 Å². The maximum Gasteiger partial charge on any atom is 0.328 e. The quantitative estimate of drug-likeness (QED) is 0.671. The largest absolute Gasteiger partial charge is 0.464 e. The van der Waals surface area contributed by atoms with E-state index >= 15 is 0 Å². The SMILES string of the molecule is CCOC(=O)C(C)NC(=O)C=Cc1cccc(Cl)c1Cl. The average molecular weight is 316 g/mol. The fourth-order valence-corrected chi connectivity index (χ4v) is 1.77. The number of rotatable bonds is 5. The van der Waals surface area contributed by atoms with E-state index in [9.17, 15) is 9.59 Å². The minimum atomic E-state index is -0.707. The summed E-state index contributed by atoms with van der Waals surface area (Å²) in [7, 11) is 0. The highest BCUT2D eigenvalue weighted by Crippen LogP contribution is 2.26. The van der Waals surface area contributed by atoms with Crippen molar-refractivity contribution in [3.63, 3.8) is 0 Å². The molecular weight excluding hydrogens is 301 g/mol. The molecule has 0 saturated heterocycles. The lowest BCUT2D eigenvalue weighted by atomic mass is 10.2. The maximum absolute atomic E-state index is 11.6. The zero-order chi connectivity index (χ0) is 15.1. The van der Waals surface area contributed by atoms with Crippen LogP contribution in [-0.4, -0.2) is 24.5 Å².